The average molecular weight is 181 g/mol. The van der Waals surface area contributed by atoms with Crippen molar-refractivity contribution in [2.45, 2.75) is 32.9 Å². The summed E-state index contributed by atoms with van der Waals surface area (Å²) in [7, 11) is 0. The number of hydrogen-bond acceptors (Lipinski definition) is 2. The predicted molar refractivity (Wildman–Crippen MR) is 55.8 cm³/mol. The lowest BCUT2D eigenvalue weighted by Gasteiger charge is -2.12. The van der Waals surface area contributed by atoms with Crippen molar-refractivity contribution in [3.8, 4) is 0 Å². The van der Waals surface area contributed by atoms with Gasteiger partial charge in [-0.15, -0.1) is 0 Å². The summed E-state index contributed by atoms with van der Waals surface area (Å²) < 4.78 is 0. The van der Waals surface area contributed by atoms with Crippen molar-refractivity contribution in [3.63, 3.8) is 0 Å². The molecular weight excluding hydrogens is 166 g/mol. The Kier molecular flexibility index (Phi) is 2.78. The van der Waals surface area contributed by atoms with E-state index in [1.54, 1.807) is 0 Å². The minimum Gasteiger partial charge on any atom is -0.258 e. The molecule has 0 aliphatic rings. The van der Waals surface area contributed by atoms with Crippen LogP contribution in [0, 0.1) is 20.8 Å². The van der Waals surface area contributed by atoms with Gasteiger partial charge in [-0.05, 0) is 44.9 Å². The fourth-order valence-corrected chi connectivity index (χ4v) is 2.06. The number of hydrogen-bond donors (Lipinski definition) is 1. The topological polar surface area (TPSA) is 12.9 Å². The summed E-state index contributed by atoms with van der Waals surface area (Å²) in [6, 6.07) is 2.11. The van der Waals surface area contributed by atoms with E-state index in [1.807, 2.05) is 13.8 Å². The summed E-state index contributed by atoms with van der Waals surface area (Å²) in [6.45, 7) is 8.26. The molecule has 0 aliphatic heterocycles. The van der Waals surface area contributed by atoms with Gasteiger partial charge < -0.3 is 0 Å². The molecule has 0 saturated carbocycles. The van der Waals surface area contributed by atoms with E-state index in [4.69, 9.17) is 0 Å². The molecule has 1 atom stereocenters. The molecule has 1 nitrogen and oxygen atoms in total. The molecule has 1 heterocycles. The van der Waals surface area contributed by atoms with Crippen LogP contribution in [0.3, 0.4) is 0 Å². The van der Waals surface area contributed by atoms with Crippen molar-refractivity contribution in [2.24, 2.45) is 0 Å². The van der Waals surface area contributed by atoms with Gasteiger partial charge in [-0.1, -0.05) is 0 Å². The van der Waals surface area contributed by atoms with Crippen LogP contribution in [0.1, 0.15) is 34.7 Å². The van der Waals surface area contributed by atoms with E-state index >= 15 is 0 Å². The fraction of sp³-hybridized carbons (Fsp3) is 0.500. The Hall–Kier alpha value is -0.500. The van der Waals surface area contributed by atoms with Crippen molar-refractivity contribution < 1.29 is 0 Å². The van der Waals surface area contributed by atoms with Gasteiger partial charge >= 0.3 is 0 Å². The largest absolute Gasteiger partial charge is 0.258 e. The van der Waals surface area contributed by atoms with E-state index in [-0.39, 0.29) is 5.25 Å². The second-order valence-electron chi connectivity index (χ2n) is 3.26. The van der Waals surface area contributed by atoms with E-state index in [1.165, 1.54) is 11.1 Å². The third kappa shape index (κ3) is 1.81. The molecule has 0 spiro atoms. The first-order chi connectivity index (χ1) is 5.52. The highest BCUT2D eigenvalue weighted by Gasteiger charge is 2.08. The molecule has 0 fully saturated rings. The predicted octanol–water partition coefficient (Wildman–Crippen LogP) is 3.00. The van der Waals surface area contributed by atoms with Crippen LogP contribution >= 0.6 is 12.6 Å². The third-order valence-corrected chi connectivity index (χ3v) is 2.26. The van der Waals surface area contributed by atoms with Crippen molar-refractivity contribution in [1.29, 1.82) is 0 Å². The van der Waals surface area contributed by atoms with Gasteiger partial charge in [-0.25, -0.2) is 0 Å². The van der Waals surface area contributed by atoms with Crippen molar-refractivity contribution >= 4 is 12.6 Å². The van der Waals surface area contributed by atoms with E-state index in [2.05, 4.69) is 37.5 Å². The summed E-state index contributed by atoms with van der Waals surface area (Å²) >= 11 is 4.42. The molecule has 1 rings (SSSR count). The molecular formula is C10H15NS. The van der Waals surface area contributed by atoms with Gasteiger partial charge in [0.15, 0.2) is 0 Å². The molecule has 66 valence electrons. The van der Waals surface area contributed by atoms with Gasteiger partial charge in [0.25, 0.3) is 0 Å². The number of nitrogens with zero attached hydrogens (tertiary/aromatic N) is 1. The Bertz CT molecular complexity index is 269. The minimum atomic E-state index is 0.276. The van der Waals surface area contributed by atoms with Crippen molar-refractivity contribution in [3.05, 3.63) is 28.6 Å². The zero-order valence-electron chi connectivity index (χ0n) is 8.05. The number of pyridine rings is 1. The summed E-state index contributed by atoms with van der Waals surface area (Å²) in [5.41, 5.74) is 4.75. The zero-order chi connectivity index (χ0) is 9.30. The number of aromatic nitrogens is 1. The molecule has 0 radical (unpaired) electrons. The first-order valence-electron chi connectivity index (χ1n) is 4.15. The maximum atomic E-state index is 4.42. The molecule has 1 unspecified atom stereocenters. The van der Waals surface area contributed by atoms with Crippen molar-refractivity contribution in [2.75, 3.05) is 0 Å². The minimum absolute atomic E-state index is 0.276. The van der Waals surface area contributed by atoms with E-state index in [0.29, 0.717) is 0 Å². The number of thiol groups is 1. The molecule has 12 heavy (non-hydrogen) atoms. The monoisotopic (exact) mass is 181 g/mol. The van der Waals surface area contributed by atoms with Gasteiger partial charge in [-0.3, -0.25) is 4.98 Å². The van der Waals surface area contributed by atoms with Crippen LogP contribution in [0.5, 0.6) is 0 Å². The van der Waals surface area contributed by atoms with E-state index < -0.39 is 0 Å². The summed E-state index contributed by atoms with van der Waals surface area (Å²) in [4.78, 5) is 4.41. The number of rotatable bonds is 1. The van der Waals surface area contributed by atoms with Crippen LogP contribution in [-0.4, -0.2) is 4.98 Å². The Labute approximate surface area is 79.6 Å². The third-order valence-electron chi connectivity index (χ3n) is 2.00. The molecule has 2 heteroatoms. The normalized spacial score (nSPS) is 13.1. The van der Waals surface area contributed by atoms with Crippen LogP contribution < -0.4 is 0 Å². The molecule has 0 saturated heterocycles. The van der Waals surface area contributed by atoms with E-state index in [0.717, 1.165) is 11.4 Å². The highest BCUT2D eigenvalue weighted by Crippen LogP contribution is 2.25. The lowest BCUT2D eigenvalue weighted by Crippen LogP contribution is -1.98. The van der Waals surface area contributed by atoms with Crippen LogP contribution in [0.2, 0.25) is 0 Å². The highest BCUT2D eigenvalue weighted by molar-refractivity contribution is 7.80. The fourth-order valence-electron chi connectivity index (χ4n) is 1.67. The van der Waals surface area contributed by atoms with Gasteiger partial charge in [-0.2, -0.15) is 12.6 Å². The second-order valence-corrected chi connectivity index (χ2v) is 4.03. The summed E-state index contributed by atoms with van der Waals surface area (Å²) in [6.07, 6.45) is 0. The second kappa shape index (κ2) is 3.48. The van der Waals surface area contributed by atoms with Gasteiger partial charge in [0, 0.05) is 16.6 Å². The lowest BCUT2D eigenvalue weighted by molar-refractivity contribution is 0.985. The smallest absolute Gasteiger partial charge is 0.0421 e. The molecule has 1 aromatic rings. The zero-order valence-corrected chi connectivity index (χ0v) is 8.94. The maximum Gasteiger partial charge on any atom is 0.0421 e. The lowest BCUT2D eigenvalue weighted by atomic mass is 10.0. The first kappa shape index (κ1) is 9.59. The Balaban J connectivity index is 3.28. The van der Waals surface area contributed by atoms with Crippen LogP contribution in [-0.2, 0) is 0 Å². The maximum absolute atomic E-state index is 4.42. The van der Waals surface area contributed by atoms with Crippen molar-refractivity contribution in [1.82, 2.24) is 4.98 Å². The number of aryl methyl sites for hydroxylation is 3. The molecule has 1 aromatic heterocycles. The van der Waals surface area contributed by atoms with Gasteiger partial charge in [0.1, 0.15) is 0 Å². The molecule has 0 N–H and O–H groups in total. The quantitative estimate of drug-likeness (QED) is 0.657. The molecule has 0 amide bonds. The van der Waals surface area contributed by atoms with Crippen LogP contribution in [0.4, 0.5) is 0 Å². The van der Waals surface area contributed by atoms with Crippen LogP contribution in [0.25, 0.3) is 0 Å². The molecule has 0 aliphatic carbocycles. The Morgan fingerprint density at radius 2 is 1.92 bits per heavy atom. The van der Waals surface area contributed by atoms with Gasteiger partial charge in [0.2, 0.25) is 0 Å². The van der Waals surface area contributed by atoms with Gasteiger partial charge in [0.05, 0.1) is 0 Å². The standard InChI is InChI=1S/C10H15NS/c1-6-5-7(2)11-8(3)10(6)9(4)12/h5,9,12H,1-4H3. The first-order valence-corrected chi connectivity index (χ1v) is 4.67. The molecule has 0 aromatic carbocycles. The average Bonchev–Trinajstić information content (AvgIpc) is 1.82. The van der Waals surface area contributed by atoms with Crippen LogP contribution in [0.15, 0.2) is 6.07 Å². The summed E-state index contributed by atoms with van der Waals surface area (Å²) in [5.74, 6) is 0. The highest BCUT2D eigenvalue weighted by atomic mass is 32.1. The summed E-state index contributed by atoms with van der Waals surface area (Å²) in [5, 5.41) is 0.276. The Morgan fingerprint density at radius 1 is 1.33 bits per heavy atom. The molecule has 0 bridgehead atoms. The Morgan fingerprint density at radius 3 is 2.33 bits per heavy atom. The SMILES string of the molecule is Cc1cc(C)c(C(C)S)c(C)n1. The van der Waals surface area contributed by atoms with E-state index in [9.17, 15) is 0 Å².